The van der Waals surface area contributed by atoms with Crippen molar-refractivity contribution in [3.8, 4) is 0 Å². The van der Waals surface area contributed by atoms with E-state index >= 15 is 0 Å². The van der Waals surface area contributed by atoms with Crippen molar-refractivity contribution in [2.75, 3.05) is 0 Å². The van der Waals surface area contributed by atoms with Crippen molar-refractivity contribution >= 4 is 17.1 Å². The Bertz CT molecular complexity index is 433. The van der Waals surface area contributed by atoms with Crippen LogP contribution in [-0.2, 0) is 0 Å². The molecule has 0 aromatic carbocycles. The lowest BCUT2D eigenvalue weighted by Crippen LogP contribution is -2.05. The second kappa shape index (κ2) is 2.34. The third kappa shape index (κ3) is 0.852. The number of rotatable bonds is 0. The summed E-state index contributed by atoms with van der Waals surface area (Å²) in [7, 11) is 0. The highest BCUT2D eigenvalue weighted by Crippen LogP contribution is 2.11. The summed E-state index contributed by atoms with van der Waals surface area (Å²) in [6.45, 7) is 0. The third-order valence-electron chi connectivity index (χ3n) is 1.66. The number of carbonyl (C=O) groups is 1. The second-order valence-corrected chi connectivity index (χ2v) is 2.38. The Balaban J connectivity index is 2.79. The van der Waals surface area contributed by atoms with E-state index < -0.39 is 6.09 Å². The SMILES string of the molecule is O=C(O)n1ccc2ncccc21. The van der Waals surface area contributed by atoms with Crippen LogP contribution in [0.15, 0.2) is 30.6 Å². The topological polar surface area (TPSA) is 55.1 Å². The molecule has 0 aliphatic heterocycles. The number of carboxylic acid groups (broad SMARTS) is 1. The molecule has 4 heteroatoms. The standard InChI is InChI=1S/C8H6N2O2/c11-8(12)10-5-3-6-7(10)2-1-4-9-6/h1-5H,(H,11,12). The van der Waals surface area contributed by atoms with Gasteiger partial charge in [-0.05, 0) is 18.2 Å². The maximum Gasteiger partial charge on any atom is 0.416 e. The van der Waals surface area contributed by atoms with Crippen LogP contribution >= 0.6 is 0 Å². The van der Waals surface area contributed by atoms with E-state index in [2.05, 4.69) is 4.98 Å². The fourth-order valence-corrected chi connectivity index (χ4v) is 1.13. The largest absolute Gasteiger partial charge is 0.464 e. The highest BCUT2D eigenvalue weighted by molar-refractivity contribution is 5.86. The Morgan fingerprint density at radius 1 is 1.50 bits per heavy atom. The zero-order valence-electron chi connectivity index (χ0n) is 6.14. The first-order valence-electron chi connectivity index (χ1n) is 3.44. The number of hydrogen-bond acceptors (Lipinski definition) is 2. The van der Waals surface area contributed by atoms with Crippen LogP contribution in [0.25, 0.3) is 11.0 Å². The summed E-state index contributed by atoms with van der Waals surface area (Å²) < 4.78 is 1.14. The zero-order chi connectivity index (χ0) is 8.55. The third-order valence-corrected chi connectivity index (χ3v) is 1.66. The van der Waals surface area contributed by atoms with E-state index in [-0.39, 0.29) is 0 Å². The van der Waals surface area contributed by atoms with E-state index in [0.29, 0.717) is 11.0 Å². The lowest BCUT2D eigenvalue weighted by molar-refractivity contribution is 0.197. The molecular formula is C8H6N2O2. The Morgan fingerprint density at radius 3 is 3.08 bits per heavy atom. The van der Waals surface area contributed by atoms with E-state index in [9.17, 15) is 4.79 Å². The van der Waals surface area contributed by atoms with Gasteiger partial charge in [-0.1, -0.05) is 0 Å². The number of aromatic nitrogens is 2. The molecule has 60 valence electrons. The molecule has 0 aliphatic rings. The molecule has 0 aliphatic carbocycles. The number of nitrogens with zero attached hydrogens (tertiary/aromatic N) is 2. The van der Waals surface area contributed by atoms with Crippen molar-refractivity contribution in [1.82, 2.24) is 9.55 Å². The van der Waals surface area contributed by atoms with E-state index in [1.807, 2.05) is 0 Å². The van der Waals surface area contributed by atoms with Crippen LogP contribution in [0.1, 0.15) is 0 Å². The van der Waals surface area contributed by atoms with Gasteiger partial charge in [0.15, 0.2) is 0 Å². The molecule has 0 spiro atoms. The average molecular weight is 162 g/mol. The quantitative estimate of drug-likeness (QED) is 0.639. The molecule has 0 atom stereocenters. The Kier molecular flexibility index (Phi) is 1.33. The molecule has 2 rings (SSSR count). The lowest BCUT2D eigenvalue weighted by atomic mass is 10.4. The Hall–Kier alpha value is -1.84. The molecular weight excluding hydrogens is 156 g/mol. The van der Waals surface area contributed by atoms with Gasteiger partial charge >= 0.3 is 6.09 Å². The van der Waals surface area contributed by atoms with Crippen molar-refractivity contribution in [3.05, 3.63) is 30.6 Å². The first kappa shape index (κ1) is 6.84. The van der Waals surface area contributed by atoms with Gasteiger partial charge in [-0.3, -0.25) is 9.55 Å². The van der Waals surface area contributed by atoms with Crippen molar-refractivity contribution < 1.29 is 9.90 Å². The molecule has 0 saturated carbocycles. The Morgan fingerprint density at radius 2 is 2.33 bits per heavy atom. The smallest absolute Gasteiger partial charge is 0.416 e. The molecule has 0 amide bonds. The first-order valence-corrected chi connectivity index (χ1v) is 3.44. The number of hydrogen-bond donors (Lipinski definition) is 1. The highest BCUT2D eigenvalue weighted by atomic mass is 16.4. The van der Waals surface area contributed by atoms with Gasteiger partial charge in [0.25, 0.3) is 0 Å². The normalized spacial score (nSPS) is 10.3. The first-order chi connectivity index (χ1) is 5.79. The minimum absolute atomic E-state index is 0.616. The number of fused-ring (bicyclic) bond motifs is 1. The second-order valence-electron chi connectivity index (χ2n) is 2.38. The molecule has 4 nitrogen and oxygen atoms in total. The predicted octanol–water partition coefficient (Wildman–Crippen LogP) is 1.56. The molecule has 1 N–H and O–H groups in total. The van der Waals surface area contributed by atoms with Crippen LogP contribution < -0.4 is 0 Å². The van der Waals surface area contributed by atoms with Crippen LogP contribution in [0.5, 0.6) is 0 Å². The average Bonchev–Trinajstić information content (AvgIpc) is 2.47. The molecule has 0 radical (unpaired) electrons. The zero-order valence-corrected chi connectivity index (χ0v) is 6.14. The van der Waals surface area contributed by atoms with Crippen LogP contribution in [0.4, 0.5) is 4.79 Å². The minimum atomic E-state index is -0.988. The molecule has 2 aromatic rings. The summed E-state index contributed by atoms with van der Waals surface area (Å²) in [6, 6.07) is 5.10. The Labute approximate surface area is 68.1 Å². The monoisotopic (exact) mass is 162 g/mol. The van der Waals surface area contributed by atoms with Crippen molar-refractivity contribution in [3.63, 3.8) is 0 Å². The molecule has 2 heterocycles. The molecule has 0 bridgehead atoms. The summed E-state index contributed by atoms with van der Waals surface area (Å²) >= 11 is 0. The molecule has 0 saturated heterocycles. The maximum absolute atomic E-state index is 10.6. The maximum atomic E-state index is 10.6. The van der Waals surface area contributed by atoms with Crippen LogP contribution in [0, 0.1) is 0 Å². The predicted molar refractivity (Wildman–Crippen MR) is 43.2 cm³/mol. The van der Waals surface area contributed by atoms with Crippen LogP contribution in [0.3, 0.4) is 0 Å². The van der Waals surface area contributed by atoms with Gasteiger partial charge in [-0.25, -0.2) is 4.79 Å². The fourth-order valence-electron chi connectivity index (χ4n) is 1.13. The van der Waals surface area contributed by atoms with Crippen LogP contribution in [0.2, 0.25) is 0 Å². The summed E-state index contributed by atoms with van der Waals surface area (Å²) in [4.78, 5) is 14.6. The minimum Gasteiger partial charge on any atom is -0.464 e. The van der Waals surface area contributed by atoms with Crippen molar-refractivity contribution in [2.45, 2.75) is 0 Å². The van der Waals surface area contributed by atoms with Gasteiger partial charge in [0.05, 0.1) is 11.0 Å². The van der Waals surface area contributed by atoms with Gasteiger partial charge in [0, 0.05) is 12.4 Å². The molecule has 12 heavy (non-hydrogen) atoms. The van der Waals surface area contributed by atoms with Gasteiger partial charge in [0.1, 0.15) is 0 Å². The summed E-state index contributed by atoms with van der Waals surface area (Å²) in [5, 5.41) is 8.71. The molecule has 0 unspecified atom stereocenters. The van der Waals surface area contributed by atoms with Crippen molar-refractivity contribution in [2.24, 2.45) is 0 Å². The summed E-state index contributed by atoms with van der Waals surface area (Å²) in [6.07, 6.45) is 2.13. The van der Waals surface area contributed by atoms with Gasteiger partial charge < -0.3 is 5.11 Å². The summed E-state index contributed by atoms with van der Waals surface area (Å²) in [5.41, 5.74) is 1.31. The van der Waals surface area contributed by atoms with E-state index in [1.165, 1.54) is 6.20 Å². The van der Waals surface area contributed by atoms with Gasteiger partial charge in [-0.15, -0.1) is 0 Å². The van der Waals surface area contributed by atoms with E-state index in [1.54, 1.807) is 24.4 Å². The highest BCUT2D eigenvalue weighted by Gasteiger charge is 2.05. The molecule has 0 fully saturated rings. The van der Waals surface area contributed by atoms with Gasteiger partial charge in [0.2, 0.25) is 0 Å². The molecule has 2 aromatic heterocycles. The van der Waals surface area contributed by atoms with E-state index in [0.717, 1.165) is 4.57 Å². The van der Waals surface area contributed by atoms with E-state index in [4.69, 9.17) is 5.11 Å². The van der Waals surface area contributed by atoms with Crippen LogP contribution in [-0.4, -0.2) is 20.8 Å². The summed E-state index contributed by atoms with van der Waals surface area (Å²) in [5.74, 6) is 0. The fraction of sp³-hybridized carbons (Fsp3) is 0. The van der Waals surface area contributed by atoms with Gasteiger partial charge in [-0.2, -0.15) is 0 Å². The van der Waals surface area contributed by atoms with Crippen molar-refractivity contribution in [1.29, 1.82) is 0 Å². The number of pyridine rings is 1. The lowest BCUT2D eigenvalue weighted by Gasteiger charge is -1.94.